The second-order valence-electron chi connectivity index (χ2n) is 4.17. The van der Waals surface area contributed by atoms with Crippen LogP contribution in [0.15, 0.2) is 28.9 Å². The molecule has 0 spiro atoms. The molecule has 0 fully saturated rings. The van der Waals surface area contributed by atoms with Crippen LogP contribution in [0.3, 0.4) is 0 Å². The molecule has 0 saturated heterocycles. The summed E-state index contributed by atoms with van der Waals surface area (Å²) in [5.41, 5.74) is 0. The van der Waals surface area contributed by atoms with Gasteiger partial charge < -0.3 is 15.1 Å². The molecule has 0 amide bonds. The molecular formula is C13H16N4O2. The van der Waals surface area contributed by atoms with Gasteiger partial charge in [0.2, 0.25) is 0 Å². The van der Waals surface area contributed by atoms with E-state index in [4.69, 9.17) is 4.42 Å². The second kappa shape index (κ2) is 5.99. The molecule has 0 aliphatic carbocycles. The maximum Gasteiger partial charge on any atom is 0.148 e. The number of rotatable bonds is 6. The number of carbonyl (C=O) groups is 1. The number of hydrogen-bond donors (Lipinski definition) is 2. The number of anilines is 2. The molecule has 0 aliphatic heterocycles. The lowest BCUT2D eigenvalue weighted by atomic mass is 10.4. The van der Waals surface area contributed by atoms with Gasteiger partial charge in [0.15, 0.2) is 0 Å². The summed E-state index contributed by atoms with van der Waals surface area (Å²) in [4.78, 5) is 19.4. The Labute approximate surface area is 111 Å². The Morgan fingerprint density at radius 1 is 1.32 bits per heavy atom. The van der Waals surface area contributed by atoms with E-state index in [0.717, 1.165) is 5.76 Å². The van der Waals surface area contributed by atoms with Crippen LogP contribution in [0.2, 0.25) is 0 Å². The van der Waals surface area contributed by atoms with Gasteiger partial charge in [0.1, 0.15) is 29.0 Å². The molecule has 100 valence electrons. The van der Waals surface area contributed by atoms with Crippen LogP contribution < -0.4 is 10.6 Å². The first-order valence-electron chi connectivity index (χ1n) is 5.99. The van der Waals surface area contributed by atoms with Crippen molar-refractivity contribution in [2.24, 2.45) is 0 Å². The molecule has 0 saturated carbocycles. The van der Waals surface area contributed by atoms with Crippen LogP contribution in [-0.4, -0.2) is 22.3 Å². The van der Waals surface area contributed by atoms with Crippen molar-refractivity contribution in [1.82, 2.24) is 9.97 Å². The zero-order valence-corrected chi connectivity index (χ0v) is 10.9. The fourth-order valence-corrected chi connectivity index (χ4v) is 1.55. The number of carbonyl (C=O) groups excluding carboxylic acids is 1. The average Bonchev–Trinajstić information content (AvgIpc) is 2.86. The zero-order chi connectivity index (χ0) is 13.7. The largest absolute Gasteiger partial charge is 0.467 e. The lowest BCUT2D eigenvalue weighted by Crippen LogP contribution is -2.12. The Morgan fingerprint density at radius 2 is 2.05 bits per heavy atom. The van der Waals surface area contributed by atoms with E-state index in [2.05, 4.69) is 20.6 Å². The molecule has 6 nitrogen and oxygen atoms in total. The zero-order valence-electron chi connectivity index (χ0n) is 10.9. The minimum atomic E-state index is 0.0568. The van der Waals surface area contributed by atoms with Gasteiger partial charge in [0.05, 0.1) is 19.4 Å². The van der Waals surface area contributed by atoms with Gasteiger partial charge in [0, 0.05) is 6.07 Å². The van der Waals surface area contributed by atoms with Crippen molar-refractivity contribution in [2.75, 3.05) is 17.2 Å². The van der Waals surface area contributed by atoms with Crippen LogP contribution in [0.25, 0.3) is 0 Å². The van der Waals surface area contributed by atoms with Crippen molar-refractivity contribution < 1.29 is 9.21 Å². The third-order valence-electron chi connectivity index (χ3n) is 2.38. The summed E-state index contributed by atoms with van der Waals surface area (Å²) in [6.07, 6.45) is 1.63. The Balaban J connectivity index is 2.01. The monoisotopic (exact) mass is 260 g/mol. The molecule has 2 aromatic heterocycles. The van der Waals surface area contributed by atoms with Gasteiger partial charge in [-0.05, 0) is 26.0 Å². The fraction of sp³-hybridized carbons (Fsp3) is 0.308. The van der Waals surface area contributed by atoms with Crippen LogP contribution in [0, 0.1) is 6.92 Å². The lowest BCUT2D eigenvalue weighted by molar-refractivity contribution is -0.115. The third kappa shape index (κ3) is 4.09. The number of furan rings is 1. The third-order valence-corrected chi connectivity index (χ3v) is 2.38. The van der Waals surface area contributed by atoms with Crippen molar-refractivity contribution in [1.29, 1.82) is 0 Å². The molecule has 19 heavy (non-hydrogen) atoms. The Hall–Kier alpha value is -2.37. The SMILES string of the molecule is CC(=O)CNc1cc(NCc2ccco2)nc(C)n1. The molecular weight excluding hydrogens is 244 g/mol. The van der Waals surface area contributed by atoms with E-state index >= 15 is 0 Å². The highest BCUT2D eigenvalue weighted by Gasteiger charge is 2.03. The summed E-state index contributed by atoms with van der Waals surface area (Å²) in [5.74, 6) is 2.84. The number of hydrogen-bond acceptors (Lipinski definition) is 6. The van der Waals surface area contributed by atoms with E-state index < -0.39 is 0 Å². The first-order valence-corrected chi connectivity index (χ1v) is 5.99. The quantitative estimate of drug-likeness (QED) is 0.826. The van der Waals surface area contributed by atoms with Crippen LogP contribution in [0.5, 0.6) is 0 Å². The summed E-state index contributed by atoms with van der Waals surface area (Å²) in [6.45, 7) is 4.14. The summed E-state index contributed by atoms with van der Waals surface area (Å²) in [6, 6.07) is 5.48. The number of aryl methyl sites for hydroxylation is 1. The Bertz CT molecular complexity index is 552. The van der Waals surface area contributed by atoms with Crippen LogP contribution in [-0.2, 0) is 11.3 Å². The highest BCUT2D eigenvalue weighted by atomic mass is 16.3. The van der Waals surface area contributed by atoms with Crippen LogP contribution >= 0.6 is 0 Å². The lowest BCUT2D eigenvalue weighted by Gasteiger charge is -2.08. The molecule has 2 heterocycles. The first kappa shape index (κ1) is 13.1. The van der Waals surface area contributed by atoms with E-state index in [1.165, 1.54) is 6.92 Å². The molecule has 0 radical (unpaired) electrons. The van der Waals surface area contributed by atoms with Gasteiger partial charge in [-0.3, -0.25) is 4.79 Å². The maximum absolute atomic E-state index is 10.9. The number of Topliss-reactive ketones (excluding diaryl/α,β-unsaturated/α-hetero) is 1. The number of ketones is 1. The van der Waals surface area contributed by atoms with Gasteiger partial charge in [-0.15, -0.1) is 0 Å². The van der Waals surface area contributed by atoms with Gasteiger partial charge >= 0.3 is 0 Å². The molecule has 6 heteroatoms. The number of nitrogens with one attached hydrogen (secondary N) is 2. The molecule has 0 bridgehead atoms. The average molecular weight is 260 g/mol. The van der Waals surface area contributed by atoms with E-state index in [1.54, 1.807) is 19.3 Å². The van der Waals surface area contributed by atoms with Crippen molar-refractivity contribution in [3.63, 3.8) is 0 Å². The molecule has 0 unspecified atom stereocenters. The summed E-state index contributed by atoms with van der Waals surface area (Å²) in [7, 11) is 0. The van der Waals surface area contributed by atoms with Crippen molar-refractivity contribution in [2.45, 2.75) is 20.4 Å². The normalized spacial score (nSPS) is 10.2. The minimum absolute atomic E-state index is 0.0568. The summed E-state index contributed by atoms with van der Waals surface area (Å²) < 4.78 is 5.23. The second-order valence-corrected chi connectivity index (χ2v) is 4.17. The molecule has 0 aromatic carbocycles. The first-order chi connectivity index (χ1) is 9.13. The summed E-state index contributed by atoms with van der Waals surface area (Å²) >= 11 is 0. The molecule has 2 N–H and O–H groups in total. The Morgan fingerprint density at radius 3 is 2.68 bits per heavy atom. The molecule has 2 rings (SSSR count). The standard InChI is InChI=1S/C13H16N4O2/c1-9(18)7-14-12-6-13(17-10(2)16-12)15-8-11-4-3-5-19-11/h3-6H,7-8H2,1-2H3,(H2,14,15,16,17). The smallest absolute Gasteiger partial charge is 0.148 e. The molecule has 0 aliphatic rings. The van der Waals surface area contributed by atoms with Crippen LogP contribution in [0.1, 0.15) is 18.5 Å². The maximum atomic E-state index is 10.9. The molecule has 0 atom stereocenters. The van der Waals surface area contributed by atoms with Crippen molar-refractivity contribution >= 4 is 17.4 Å². The number of nitrogens with zero attached hydrogens (tertiary/aromatic N) is 2. The van der Waals surface area contributed by atoms with Gasteiger partial charge in [0.25, 0.3) is 0 Å². The van der Waals surface area contributed by atoms with E-state index in [9.17, 15) is 4.79 Å². The highest BCUT2D eigenvalue weighted by molar-refractivity contribution is 5.80. The van der Waals surface area contributed by atoms with E-state index in [1.807, 2.05) is 12.1 Å². The van der Waals surface area contributed by atoms with Crippen molar-refractivity contribution in [3.8, 4) is 0 Å². The van der Waals surface area contributed by atoms with Crippen LogP contribution in [0.4, 0.5) is 11.6 Å². The topological polar surface area (TPSA) is 80.0 Å². The van der Waals surface area contributed by atoms with Gasteiger partial charge in [-0.1, -0.05) is 0 Å². The van der Waals surface area contributed by atoms with E-state index in [0.29, 0.717) is 24.0 Å². The van der Waals surface area contributed by atoms with E-state index in [-0.39, 0.29) is 12.3 Å². The minimum Gasteiger partial charge on any atom is -0.467 e. The highest BCUT2D eigenvalue weighted by Crippen LogP contribution is 2.12. The molecule has 2 aromatic rings. The predicted molar refractivity (Wildman–Crippen MR) is 72.0 cm³/mol. The van der Waals surface area contributed by atoms with Gasteiger partial charge in [-0.2, -0.15) is 0 Å². The fourth-order valence-electron chi connectivity index (χ4n) is 1.55. The summed E-state index contributed by atoms with van der Waals surface area (Å²) in [5, 5.41) is 6.10. The van der Waals surface area contributed by atoms with Gasteiger partial charge in [-0.25, -0.2) is 9.97 Å². The Kier molecular flexibility index (Phi) is 4.12. The number of aromatic nitrogens is 2. The predicted octanol–water partition coefficient (Wildman–Crippen LogP) is 1.99. The van der Waals surface area contributed by atoms with Crippen molar-refractivity contribution in [3.05, 3.63) is 36.0 Å².